The van der Waals surface area contributed by atoms with Gasteiger partial charge in [-0.05, 0) is 101 Å². The van der Waals surface area contributed by atoms with Gasteiger partial charge in [-0.15, -0.1) is 5.06 Å². The molecule has 0 aromatic heterocycles. The summed E-state index contributed by atoms with van der Waals surface area (Å²) in [5.74, 6) is 0.534. The van der Waals surface area contributed by atoms with Gasteiger partial charge in [0.25, 0.3) is 0 Å². The van der Waals surface area contributed by atoms with Crippen molar-refractivity contribution in [1.82, 2.24) is 15.3 Å². The van der Waals surface area contributed by atoms with E-state index in [1.165, 1.54) is 11.8 Å². The highest BCUT2D eigenvalue weighted by Gasteiger charge is 2.32. The van der Waals surface area contributed by atoms with Crippen LogP contribution in [0.25, 0.3) is 0 Å². The molecule has 0 radical (unpaired) electrons. The molecule has 0 bridgehead atoms. The van der Waals surface area contributed by atoms with Crippen LogP contribution in [0.5, 0.6) is 0 Å². The quantitative estimate of drug-likeness (QED) is 0.350. The third kappa shape index (κ3) is 9.38. The molecule has 2 fully saturated rings. The highest BCUT2D eigenvalue weighted by Crippen LogP contribution is 2.36. The predicted molar refractivity (Wildman–Crippen MR) is 174 cm³/mol. The van der Waals surface area contributed by atoms with Crippen LogP contribution in [0.3, 0.4) is 0 Å². The van der Waals surface area contributed by atoms with Crippen LogP contribution in [0.4, 0.5) is 0 Å². The van der Waals surface area contributed by atoms with Crippen molar-refractivity contribution in [2.75, 3.05) is 39.0 Å². The molecule has 2 heterocycles. The second-order valence-electron chi connectivity index (χ2n) is 13.6. The zero-order valence-corrected chi connectivity index (χ0v) is 27.9. The molecule has 2 aliphatic rings. The van der Waals surface area contributed by atoms with Gasteiger partial charge >= 0.3 is 5.97 Å². The maximum Gasteiger partial charge on any atom is 0.330 e. The Kier molecular flexibility index (Phi) is 11.7. The predicted octanol–water partition coefficient (Wildman–Crippen LogP) is 5.55. The van der Waals surface area contributed by atoms with E-state index in [4.69, 9.17) is 4.84 Å². The molecule has 242 valence electrons. The summed E-state index contributed by atoms with van der Waals surface area (Å²) in [5.41, 5.74) is 1.72. The number of hydrogen-bond acceptors (Lipinski definition) is 7. The van der Waals surface area contributed by atoms with Gasteiger partial charge in [0.05, 0.1) is 16.2 Å². The van der Waals surface area contributed by atoms with E-state index in [0.29, 0.717) is 18.3 Å². The number of nitrogens with zero attached hydrogens (tertiary/aromatic N) is 2. The van der Waals surface area contributed by atoms with Crippen molar-refractivity contribution in [3.05, 3.63) is 65.7 Å². The monoisotopic (exact) mass is 625 g/mol. The summed E-state index contributed by atoms with van der Waals surface area (Å²) in [5, 5.41) is 5.12. The lowest BCUT2D eigenvalue weighted by molar-refractivity contribution is -0.206. The molecule has 44 heavy (non-hydrogen) atoms. The number of hydroxylamine groups is 2. The molecule has 1 amide bonds. The summed E-state index contributed by atoms with van der Waals surface area (Å²) < 4.78 is 23.6. The first kappa shape index (κ1) is 34.1. The van der Waals surface area contributed by atoms with Gasteiger partial charge in [-0.2, -0.15) is 0 Å². The summed E-state index contributed by atoms with van der Waals surface area (Å²) >= 11 is 0. The number of benzene rings is 2. The Balaban J connectivity index is 1.27. The molecule has 2 aromatic carbocycles. The Labute approximate surface area is 264 Å². The van der Waals surface area contributed by atoms with Crippen molar-refractivity contribution in [3.63, 3.8) is 0 Å². The molecule has 8 nitrogen and oxygen atoms in total. The van der Waals surface area contributed by atoms with Gasteiger partial charge in [0.15, 0.2) is 9.84 Å². The number of rotatable bonds is 11. The number of piperidine rings is 2. The fraction of sp³-hybridized carbons (Fsp3) is 0.600. The molecule has 2 unspecified atom stereocenters. The molecular weight excluding hydrogens is 574 g/mol. The molecule has 2 aromatic rings. The smallest absolute Gasteiger partial charge is 0.330 e. The van der Waals surface area contributed by atoms with E-state index >= 15 is 0 Å². The number of carbonyl (C=O) groups is 2. The van der Waals surface area contributed by atoms with E-state index in [0.717, 1.165) is 70.4 Å². The largest absolute Gasteiger partial charge is 0.367 e. The molecule has 2 atom stereocenters. The van der Waals surface area contributed by atoms with Crippen LogP contribution < -0.4 is 5.32 Å². The molecule has 0 saturated carbocycles. The first-order chi connectivity index (χ1) is 20.8. The van der Waals surface area contributed by atoms with Gasteiger partial charge in [-0.25, -0.2) is 13.2 Å². The first-order valence-corrected chi connectivity index (χ1v) is 18.1. The number of nitrogens with one attached hydrogen (secondary N) is 1. The summed E-state index contributed by atoms with van der Waals surface area (Å²) in [6.45, 7) is 12.1. The van der Waals surface area contributed by atoms with Crippen LogP contribution in [0.2, 0.25) is 0 Å². The average molecular weight is 626 g/mol. The fourth-order valence-corrected chi connectivity index (χ4v) is 7.07. The Morgan fingerprint density at radius 2 is 1.52 bits per heavy atom. The maximum absolute atomic E-state index is 13.2. The lowest BCUT2D eigenvalue weighted by Gasteiger charge is -2.38. The second kappa shape index (κ2) is 15.0. The topological polar surface area (TPSA) is 96.0 Å². The summed E-state index contributed by atoms with van der Waals surface area (Å²) in [7, 11) is -3.27. The van der Waals surface area contributed by atoms with Gasteiger partial charge in [0.1, 0.15) is 0 Å². The minimum Gasteiger partial charge on any atom is -0.367 e. The van der Waals surface area contributed by atoms with Gasteiger partial charge < -0.3 is 15.1 Å². The Morgan fingerprint density at radius 3 is 2.07 bits per heavy atom. The van der Waals surface area contributed by atoms with Crippen LogP contribution in [0, 0.1) is 11.3 Å². The Morgan fingerprint density at radius 1 is 0.909 bits per heavy atom. The van der Waals surface area contributed by atoms with Crippen molar-refractivity contribution >= 4 is 21.7 Å². The summed E-state index contributed by atoms with van der Waals surface area (Å²) in [6.07, 6.45) is 6.77. The second-order valence-corrected chi connectivity index (χ2v) is 15.6. The van der Waals surface area contributed by atoms with Crippen LogP contribution in [-0.4, -0.2) is 75.3 Å². The highest BCUT2D eigenvalue weighted by atomic mass is 32.2. The highest BCUT2D eigenvalue weighted by molar-refractivity contribution is 7.90. The van der Waals surface area contributed by atoms with E-state index in [9.17, 15) is 18.0 Å². The number of carbonyl (C=O) groups excluding carboxylic acids is 2. The normalized spacial score (nSPS) is 19.3. The maximum atomic E-state index is 13.2. The van der Waals surface area contributed by atoms with Crippen LogP contribution in [0.1, 0.15) is 89.2 Å². The lowest BCUT2D eigenvalue weighted by atomic mass is 9.78. The Bertz CT molecular complexity index is 1320. The SMILES string of the molecule is CCC(C(=O)NC1CCN(CCC(c2ccccc2)C2CCN(OC(=O)C(C)(C)C)CC2)CC1)c1ccc(S(C)(=O)=O)cc1. The van der Waals surface area contributed by atoms with Crippen molar-refractivity contribution in [1.29, 1.82) is 0 Å². The average Bonchev–Trinajstić information content (AvgIpc) is 2.99. The van der Waals surface area contributed by atoms with E-state index < -0.39 is 15.3 Å². The van der Waals surface area contributed by atoms with Crippen molar-refractivity contribution in [3.8, 4) is 0 Å². The number of hydrogen-bond donors (Lipinski definition) is 1. The van der Waals surface area contributed by atoms with Crippen LogP contribution >= 0.6 is 0 Å². The summed E-state index contributed by atoms with van der Waals surface area (Å²) in [4.78, 5) is 34.1. The molecule has 4 rings (SSSR count). The summed E-state index contributed by atoms with van der Waals surface area (Å²) in [6, 6.07) is 17.7. The zero-order chi connectivity index (χ0) is 31.9. The van der Waals surface area contributed by atoms with Crippen molar-refractivity contribution in [2.24, 2.45) is 11.3 Å². The number of amides is 1. The van der Waals surface area contributed by atoms with E-state index in [1.54, 1.807) is 24.3 Å². The van der Waals surface area contributed by atoms with Gasteiger partial charge in [-0.1, -0.05) is 49.4 Å². The van der Waals surface area contributed by atoms with E-state index in [2.05, 4.69) is 40.5 Å². The minimum atomic E-state index is -3.27. The molecule has 2 saturated heterocycles. The van der Waals surface area contributed by atoms with Gasteiger partial charge in [-0.3, -0.25) is 4.79 Å². The van der Waals surface area contributed by atoms with Gasteiger partial charge in [0.2, 0.25) is 5.91 Å². The number of sulfone groups is 1. The molecule has 9 heteroatoms. The third-order valence-corrected chi connectivity index (χ3v) is 10.4. The third-order valence-electron chi connectivity index (χ3n) is 9.25. The lowest BCUT2D eigenvalue weighted by Crippen LogP contribution is -2.46. The van der Waals surface area contributed by atoms with E-state index in [1.807, 2.05) is 32.8 Å². The number of likely N-dealkylation sites (tertiary alicyclic amines) is 1. The Hall–Kier alpha value is -2.75. The molecule has 2 aliphatic heterocycles. The minimum absolute atomic E-state index is 0.0155. The van der Waals surface area contributed by atoms with Crippen LogP contribution in [0.15, 0.2) is 59.5 Å². The van der Waals surface area contributed by atoms with Crippen molar-refractivity contribution in [2.45, 2.75) is 89.0 Å². The standard InChI is InChI=1S/C35H51N3O5S/c1-6-31(27-12-14-30(15-13-27)44(5,41)42)33(39)36-29-18-21-37(22-19-29)23-20-32(26-10-8-7-9-11-26)28-16-24-38(25-17-28)43-34(40)35(2,3)4/h7-15,28-29,31-32H,6,16-25H2,1-5H3,(H,36,39). The molecular formula is C35H51N3O5S. The fourth-order valence-electron chi connectivity index (χ4n) is 6.44. The van der Waals surface area contributed by atoms with Crippen molar-refractivity contribution < 1.29 is 22.8 Å². The van der Waals surface area contributed by atoms with E-state index in [-0.39, 0.29) is 28.7 Å². The van der Waals surface area contributed by atoms with Crippen LogP contribution in [-0.2, 0) is 24.3 Å². The zero-order valence-electron chi connectivity index (χ0n) is 27.1. The molecule has 1 N–H and O–H groups in total. The molecule has 0 spiro atoms. The van der Waals surface area contributed by atoms with Gasteiger partial charge in [0, 0.05) is 38.5 Å². The first-order valence-electron chi connectivity index (χ1n) is 16.2. The molecule has 0 aliphatic carbocycles.